The molecule has 0 saturated heterocycles. The lowest BCUT2D eigenvalue weighted by Crippen LogP contribution is -2.29. The van der Waals surface area contributed by atoms with Gasteiger partial charge in [0.15, 0.2) is 0 Å². The van der Waals surface area contributed by atoms with Crippen LogP contribution in [0.25, 0.3) is 0 Å². The number of hydrogen-bond acceptors (Lipinski definition) is 4. The molecule has 0 aromatic heterocycles. The van der Waals surface area contributed by atoms with Crippen molar-refractivity contribution in [3.8, 4) is 0 Å². The summed E-state index contributed by atoms with van der Waals surface area (Å²) in [6, 6.07) is 0.847. The number of carbonyl (C=O) groups is 1. The van der Waals surface area contributed by atoms with E-state index in [4.69, 9.17) is 13.6 Å². The van der Waals surface area contributed by atoms with E-state index in [1.807, 2.05) is 27.7 Å². The monoisotopic (exact) mass is 274 g/mol. The fourth-order valence-electron chi connectivity index (χ4n) is 1.31. The van der Waals surface area contributed by atoms with Crippen LogP contribution in [0.4, 0.5) is 0 Å². The van der Waals surface area contributed by atoms with Crippen LogP contribution >= 0.6 is 0 Å². The SMILES string of the molecule is C=C(C)C(=O)OCCC[SiH](OC(C)C)OC(C)C. The van der Waals surface area contributed by atoms with Gasteiger partial charge < -0.3 is 13.6 Å². The van der Waals surface area contributed by atoms with Gasteiger partial charge in [0, 0.05) is 17.8 Å². The van der Waals surface area contributed by atoms with Gasteiger partial charge >= 0.3 is 15.3 Å². The first-order valence-corrected chi connectivity index (χ1v) is 8.22. The van der Waals surface area contributed by atoms with E-state index >= 15 is 0 Å². The number of hydrogen-bond donors (Lipinski definition) is 0. The fourth-order valence-corrected chi connectivity index (χ4v) is 3.36. The van der Waals surface area contributed by atoms with Crippen molar-refractivity contribution in [2.24, 2.45) is 0 Å². The molecule has 0 atom stereocenters. The third kappa shape index (κ3) is 9.38. The van der Waals surface area contributed by atoms with E-state index in [1.165, 1.54) is 0 Å². The molecule has 4 nitrogen and oxygen atoms in total. The fraction of sp³-hybridized carbons (Fsp3) is 0.769. The molecule has 5 heteroatoms. The van der Waals surface area contributed by atoms with Gasteiger partial charge in [0.25, 0.3) is 0 Å². The lowest BCUT2D eigenvalue weighted by Gasteiger charge is -2.21. The molecule has 0 spiro atoms. The van der Waals surface area contributed by atoms with E-state index < -0.39 is 9.28 Å². The normalized spacial score (nSPS) is 11.3. The summed E-state index contributed by atoms with van der Waals surface area (Å²) in [7, 11) is -1.65. The van der Waals surface area contributed by atoms with Crippen LogP contribution in [-0.2, 0) is 18.4 Å². The number of esters is 1. The highest BCUT2D eigenvalue weighted by Crippen LogP contribution is 2.08. The van der Waals surface area contributed by atoms with E-state index in [9.17, 15) is 4.79 Å². The summed E-state index contributed by atoms with van der Waals surface area (Å²) in [4.78, 5) is 11.2. The average molecular weight is 274 g/mol. The zero-order chi connectivity index (χ0) is 14.1. The second-order valence-electron chi connectivity index (χ2n) is 4.86. The van der Waals surface area contributed by atoms with Crippen LogP contribution in [0, 0.1) is 0 Å². The van der Waals surface area contributed by atoms with Gasteiger partial charge in [-0.1, -0.05) is 6.58 Å². The highest BCUT2D eigenvalue weighted by atomic mass is 28.3. The Balaban J connectivity index is 3.88. The summed E-state index contributed by atoms with van der Waals surface area (Å²) in [5.74, 6) is -0.331. The molecule has 0 unspecified atom stereocenters. The Morgan fingerprint density at radius 2 is 1.67 bits per heavy atom. The van der Waals surface area contributed by atoms with Gasteiger partial charge in [0.1, 0.15) is 0 Å². The molecule has 0 aromatic rings. The Kier molecular flexibility index (Phi) is 8.96. The first kappa shape index (κ1) is 17.3. The Morgan fingerprint density at radius 3 is 2.06 bits per heavy atom. The minimum atomic E-state index is -1.65. The van der Waals surface area contributed by atoms with Crippen LogP contribution < -0.4 is 0 Å². The molecule has 0 N–H and O–H groups in total. The molecule has 0 heterocycles. The minimum absolute atomic E-state index is 0.179. The second kappa shape index (κ2) is 9.30. The second-order valence-corrected chi connectivity index (χ2v) is 6.84. The van der Waals surface area contributed by atoms with E-state index in [0.717, 1.165) is 12.5 Å². The number of carbonyl (C=O) groups excluding carboxylic acids is 1. The highest BCUT2D eigenvalue weighted by Gasteiger charge is 2.17. The quantitative estimate of drug-likeness (QED) is 0.280. The zero-order valence-electron chi connectivity index (χ0n) is 12.2. The van der Waals surface area contributed by atoms with Crippen LogP contribution in [0.1, 0.15) is 41.0 Å². The Morgan fingerprint density at radius 1 is 1.17 bits per heavy atom. The van der Waals surface area contributed by atoms with Crippen molar-refractivity contribution in [3.63, 3.8) is 0 Å². The molecule has 0 amide bonds. The Hall–Kier alpha value is -0.653. The van der Waals surface area contributed by atoms with E-state index in [0.29, 0.717) is 12.2 Å². The molecule has 0 radical (unpaired) electrons. The Bertz CT molecular complexity index is 254. The van der Waals surface area contributed by atoms with Gasteiger partial charge in [-0.05, 0) is 47.1 Å². The molecular formula is C13H26O4Si. The molecule has 0 rings (SSSR count). The molecule has 18 heavy (non-hydrogen) atoms. The maximum Gasteiger partial charge on any atom is 0.333 e. The van der Waals surface area contributed by atoms with Crippen LogP contribution in [0.5, 0.6) is 0 Å². The minimum Gasteiger partial charge on any atom is -0.462 e. The molecule has 0 aliphatic heterocycles. The van der Waals surface area contributed by atoms with Gasteiger partial charge in [-0.25, -0.2) is 4.79 Å². The lowest BCUT2D eigenvalue weighted by atomic mass is 10.4. The molecule has 0 fully saturated rings. The number of ether oxygens (including phenoxy) is 1. The average Bonchev–Trinajstić information content (AvgIpc) is 2.21. The van der Waals surface area contributed by atoms with Crippen molar-refractivity contribution < 1.29 is 18.4 Å². The van der Waals surface area contributed by atoms with Crippen LogP contribution in [0.2, 0.25) is 6.04 Å². The molecule has 0 aromatic carbocycles. The lowest BCUT2D eigenvalue weighted by molar-refractivity contribution is -0.138. The summed E-state index contributed by atoms with van der Waals surface area (Å²) < 4.78 is 16.6. The van der Waals surface area contributed by atoms with Crippen LogP contribution in [-0.4, -0.2) is 34.1 Å². The van der Waals surface area contributed by atoms with Crippen molar-refractivity contribution >= 4 is 15.3 Å². The summed E-state index contributed by atoms with van der Waals surface area (Å²) in [5, 5.41) is 0. The van der Waals surface area contributed by atoms with Crippen molar-refractivity contribution in [1.29, 1.82) is 0 Å². The first-order valence-electron chi connectivity index (χ1n) is 6.46. The van der Waals surface area contributed by atoms with Crippen molar-refractivity contribution in [3.05, 3.63) is 12.2 Å². The smallest absolute Gasteiger partial charge is 0.333 e. The zero-order valence-corrected chi connectivity index (χ0v) is 13.3. The largest absolute Gasteiger partial charge is 0.462 e. The topological polar surface area (TPSA) is 44.8 Å². The molecule has 0 saturated carbocycles. The van der Waals surface area contributed by atoms with Gasteiger partial charge in [-0.3, -0.25) is 0 Å². The predicted octanol–water partition coefficient (Wildman–Crippen LogP) is 2.57. The summed E-state index contributed by atoms with van der Waals surface area (Å²) in [6.45, 7) is 13.6. The van der Waals surface area contributed by atoms with Gasteiger partial charge in [0.05, 0.1) is 6.61 Å². The van der Waals surface area contributed by atoms with Crippen LogP contribution in [0.3, 0.4) is 0 Å². The number of rotatable bonds is 9. The molecule has 0 aliphatic carbocycles. The Labute approximate surface area is 112 Å². The molecule has 106 valence electrons. The van der Waals surface area contributed by atoms with Gasteiger partial charge in [0.2, 0.25) is 0 Å². The summed E-state index contributed by atoms with van der Waals surface area (Å²) >= 11 is 0. The van der Waals surface area contributed by atoms with E-state index in [2.05, 4.69) is 6.58 Å². The van der Waals surface area contributed by atoms with Gasteiger partial charge in [-0.2, -0.15) is 0 Å². The maximum absolute atomic E-state index is 11.2. The first-order chi connectivity index (χ1) is 8.32. The van der Waals surface area contributed by atoms with E-state index in [-0.39, 0.29) is 18.2 Å². The summed E-state index contributed by atoms with van der Waals surface area (Å²) in [5.41, 5.74) is 0.431. The third-order valence-electron chi connectivity index (χ3n) is 2.01. The maximum atomic E-state index is 11.2. The highest BCUT2D eigenvalue weighted by molar-refractivity contribution is 6.44. The standard InChI is InChI=1S/C13H26O4Si/c1-10(2)13(14)15-8-7-9-18(16-11(3)4)17-12(5)6/h11-12,18H,1,7-9H2,2-6H3. The molecule has 0 aliphatic rings. The van der Waals surface area contributed by atoms with Gasteiger partial charge in [-0.15, -0.1) is 0 Å². The predicted molar refractivity (Wildman–Crippen MR) is 74.8 cm³/mol. The third-order valence-corrected chi connectivity index (χ3v) is 4.59. The molecule has 0 bridgehead atoms. The van der Waals surface area contributed by atoms with Crippen LogP contribution in [0.15, 0.2) is 12.2 Å². The summed E-state index contributed by atoms with van der Waals surface area (Å²) in [6.07, 6.45) is 1.13. The molecular weight excluding hydrogens is 248 g/mol. The van der Waals surface area contributed by atoms with E-state index in [1.54, 1.807) is 6.92 Å². The van der Waals surface area contributed by atoms with Crippen molar-refractivity contribution in [2.45, 2.75) is 59.3 Å². The van der Waals surface area contributed by atoms with Crippen molar-refractivity contribution in [2.75, 3.05) is 6.61 Å². The van der Waals surface area contributed by atoms with Crippen molar-refractivity contribution in [1.82, 2.24) is 0 Å².